The summed E-state index contributed by atoms with van der Waals surface area (Å²) in [6, 6.07) is 6.39. The molecule has 2 heteroatoms. The van der Waals surface area contributed by atoms with E-state index in [0.717, 1.165) is 23.3 Å². The molecule has 0 heterocycles. The number of hydrogen-bond donors (Lipinski definition) is 0. The second-order valence-electron chi connectivity index (χ2n) is 7.96. The third kappa shape index (κ3) is 2.04. The summed E-state index contributed by atoms with van der Waals surface area (Å²) in [6.45, 7) is 2.55. The maximum atomic E-state index is 9.21. The van der Waals surface area contributed by atoms with E-state index in [0.29, 0.717) is 16.9 Å². The van der Waals surface area contributed by atoms with Crippen LogP contribution in [0.15, 0.2) is 12.1 Å². The van der Waals surface area contributed by atoms with Crippen LogP contribution in [0.2, 0.25) is 5.02 Å². The third-order valence-corrected chi connectivity index (χ3v) is 7.43. The van der Waals surface area contributed by atoms with Crippen molar-refractivity contribution in [1.82, 2.24) is 0 Å². The minimum atomic E-state index is 0.591. The van der Waals surface area contributed by atoms with Gasteiger partial charge < -0.3 is 0 Å². The third-order valence-electron chi connectivity index (χ3n) is 7.00. The average Bonchev–Trinajstić information content (AvgIpc) is 2.54. The molecule has 0 radical (unpaired) electrons. The van der Waals surface area contributed by atoms with E-state index >= 15 is 0 Å². The summed E-state index contributed by atoms with van der Waals surface area (Å²) in [5, 5.41) is 9.94. The van der Waals surface area contributed by atoms with E-state index in [1.54, 1.807) is 0 Å². The Balaban J connectivity index is 1.73. The first-order valence-electron chi connectivity index (χ1n) is 8.85. The van der Waals surface area contributed by atoms with Crippen LogP contribution in [-0.2, 0) is 6.42 Å². The van der Waals surface area contributed by atoms with Crippen LogP contribution in [0.4, 0.5) is 0 Å². The smallest absolute Gasteiger partial charge is 0.101 e. The van der Waals surface area contributed by atoms with Crippen LogP contribution in [0.3, 0.4) is 0 Å². The van der Waals surface area contributed by atoms with Crippen molar-refractivity contribution in [2.75, 3.05) is 0 Å². The molecule has 0 bridgehead atoms. The highest BCUT2D eigenvalue weighted by molar-refractivity contribution is 6.32. The normalized spacial score (nSPS) is 36.7. The Labute approximate surface area is 138 Å². The van der Waals surface area contributed by atoms with Gasteiger partial charge in [0.05, 0.1) is 10.6 Å². The van der Waals surface area contributed by atoms with Gasteiger partial charge in [-0.2, -0.15) is 5.26 Å². The molecule has 0 aromatic heterocycles. The van der Waals surface area contributed by atoms with Gasteiger partial charge in [0.2, 0.25) is 0 Å². The molecular formula is C20H24ClN. The number of rotatable bonds is 0. The summed E-state index contributed by atoms with van der Waals surface area (Å²) >= 11 is 6.50. The van der Waals surface area contributed by atoms with Gasteiger partial charge in [-0.05, 0) is 78.9 Å². The van der Waals surface area contributed by atoms with Crippen LogP contribution >= 0.6 is 11.6 Å². The molecule has 22 heavy (non-hydrogen) atoms. The first kappa shape index (κ1) is 14.6. The largest absolute Gasteiger partial charge is 0.192 e. The molecule has 2 saturated carbocycles. The lowest BCUT2D eigenvalue weighted by atomic mass is 9.51. The van der Waals surface area contributed by atoms with E-state index in [-0.39, 0.29) is 0 Å². The van der Waals surface area contributed by atoms with Crippen molar-refractivity contribution in [1.29, 1.82) is 5.26 Å². The number of hydrogen-bond acceptors (Lipinski definition) is 1. The Hall–Kier alpha value is -1.00. The summed E-state index contributed by atoms with van der Waals surface area (Å²) in [6.07, 6.45) is 10.7. The van der Waals surface area contributed by atoms with Crippen LogP contribution in [0.5, 0.6) is 0 Å². The molecule has 0 saturated heterocycles. The Morgan fingerprint density at radius 2 is 2.05 bits per heavy atom. The molecule has 0 N–H and O–H groups in total. The van der Waals surface area contributed by atoms with E-state index in [9.17, 15) is 5.26 Å². The van der Waals surface area contributed by atoms with Gasteiger partial charge in [0.15, 0.2) is 0 Å². The van der Waals surface area contributed by atoms with Gasteiger partial charge in [0.1, 0.15) is 6.07 Å². The fourth-order valence-corrected chi connectivity index (χ4v) is 6.18. The highest BCUT2D eigenvalue weighted by Gasteiger charge is 2.48. The summed E-state index contributed by atoms with van der Waals surface area (Å²) in [5.74, 6) is 2.43. The standard InChI is InChI=1S/C20H24ClN/c1-20-10-3-2-4-18(20)16-7-8-17-14(15(16)9-11-20)6-5-13(12-22)19(17)21/h5-6,15-16,18H,2-4,7-11H2,1H3/t15?,16?,18?,20-/m0/s1. The van der Waals surface area contributed by atoms with Crippen molar-refractivity contribution in [3.63, 3.8) is 0 Å². The van der Waals surface area contributed by atoms with Gasteiger partial charge in [-0.15, -0.1) is 0 Å². The molecule has 3 aliphatic carbocycles. The lowest BCUT2D eigenvalue weighted by Crippen LogP contribution is -2.44. The second kappa shape index (κ2) is 5.27. The zero-order chi connectivity index (χ0) is 15.3. The van der Waals surface area contributed by atoms with Crippen LogP contribution in [0, 0.1) is 28.6 Å². The van der Waals surface area contributed by atoms with Crippen LogP contribution in [0.25, 0.3) is 0 Å². The molecule has 4 atom stereocenters. The summed E-state index contributed by atoms with van der Waals surface area (Å²) in [7, 11) is 0. The number of benzene rings is 1. The lowest BCUT2D eigenvalue weighted by Gasteiger charge is -2.54. The molecule has 4 rings (SSSR count). The number of fused-ring (bicyclic) bond motifs is 5. The Bertz CT molecular complexity index is 644. The maximum Gasteiger partial charge on any atom is 0.101 e. The van der Waals surface area contributed by atoms with E-state index in [1.807, 2.05) is 6.07 Å². The Morgan fingerprint density at radius 3 is 2.86 bits per heavy atom. The van der Waals surface area contributed by atoms with Gasteiger partial charge in [-0.3, -0.25) is 0 Å². The number of nitrogens with zero attached hydrogens (tertiary/aromatic N) is 1. The minimum absolute atomic E-state index is 0.591. The predicted molar refractivity (Wildman–Crippen MR) is 90.0 cm³/mol. The van der Waals surface area contributed by atoms with Gasteiger partial charge in [-0.25, -0.2) is 0 Å². The molecule has 1 aromatic rings. The quantitative estimate of drug-likeness (QED) is 0.589. The minimum Gasteiger partial charge on any atom is -0.192 e. The van der Waals surface area contributed by atoms with E-state index in [1.165, 1.54) is 56.1 Å². The fourth-order valence-electron chi connectivity index (χ4n) is 5.87. The predicted octanol–water partition coefficient (Wildman–Crippen LogP) is 5.85. The maximum absolute atomic E-state index is 9.21. The lowest BCUT2D eigenvalue weighted by molar-refractivity contribution is -0.00420. The van der Waals surface area contributed by atoms with Crippen molar-refractivity contribution in [2.45, 2.75) is 64.2 Å². The monoisotopic (exact) mass is 313 g/mol. The van der Waals surface area contributed by atoms with E-state index in [2.05, 4.69) is 19.1 Å². The molecule has 116 valence electrons. The Morgan fingerprint density at radius 1 is 1.18 bits per heavy atom. The molecule has 0 amide bonds. The van der Waals surface area contributed by atoms with Gasteiger partial charge in [-0.1, -0.05) is 37.4 Å². The van der Waals surface area contributed by atoms with Crippen molar-refractivity contribution < 1.29 is 0 Å². The number of halogens is 1. The van der Waals surface area contributed by atoms with Crippen molar-refractivity contribution in [3.05, 3.63) is 33.8 Å². The van der Waals surface area contributed by atoms with Crippen LogP contribution < -0.4 is 0 Å². The first-order chi connectivity index (χ1) is 10.6. The average molecular weight is 314 g/mol. The van der Waals surface area contributed by atoms with Gasteiger partial charge in [0, 0.05) is 0 Å². The summed E-state index contributed by atoms with van der Waals surface area (Å²) < 4.78 is 0. The van der Waals surface area contributed by atoms with Gasteiger partial charge in [0.25, 0.3) is 0 Å². The summed E-state index contributed by atoms with van der Waals surface area (Å²) in [4.78, 5) is 0. The molecular weight excluding hydrogens is 290 g/mol. The highest BCUT2D eigenvalue weighted by atomic mass is 35.5. The van der Waals surface area contributed by atoms with E-state index < -0.39 is 0 Å². The molecule has 1 nitrogen and oxygen atoms in total. The van der Waals surface area contributed by atoms with Crippen molar-refractivity contribution in [2.24, 2.45) is 17.3 Å². The molecule has 2 fully saturated rings. The second-order valence-corrected chi connectivity index (χ2v) is 8.34. The van der Waals surface area contributed by atoms with Crippen LogP contribution in [-0.4, -0.2) is 0 Å². The zero-order valence-electron chi connectivity index (χ0n) is 13.4. The zero-order valence-corrected chi connectivity index (χ0v) is 14.1. The summed E-state index contributed by atoms with van der Waals surface area (Å²) in [5.41, 5.74) is 3.99. The highest BCUT2D eigenvalue weighted by Crippen LogP contribution is 2.59. The molecule has 3 unspecified atom stereocenters. The van der Waals surface area contributed by atoms with Crippen molar-refractivity contribution in [3.8, 4) is 6.07 Å². The van der Waals surface area contributed by atoms with Crippen molar-refractivity contribution >= 4 is 11.6 Å². The van der Waals surface area contributed by atoms with Crippen LogP contribution in [0.1, 0.15) is 74.5 Å². The van der Waals surface area contributed by atoms with Gasteiger partial charge >= 0.3 is 0 Å². The van der Waals surface area contributed by atoms with E-state index in [4.69, 9.17) is 11.6 Å². The Kier molecular flexibility index (Phi) is 3.50. The molecule has 1 aromatic carbocycles. The SMILES string of the molecule is C[C@@]12CCCCC1C1CCc3c(ccc(C#N)c3Cl)C1CC2. The fraction of sp³-hybridized carbons (Fsp3) is 0.650. The molecule has 3 aliphatic rings. The first-order valence-corrected chi connectivity index (χ1v) is 9.23. The topological polar surface area (TPSA) is 23.8 Å². The number of nitriles is 1. The molecule has 0 spiro atoms. The molecule has 0 aliphatic heterocycles.